The van der Waals surface area contributed by atoms with Crippen molar-refractivity contribution in [1.82, 2.24) is 9.97 Å². The molecule has 1 aromatic heterocycles. The summed E-state index contributed by atoms with van der Waals surface area (Å²) < 4.78 is 27.7. The summed E-state index contributed by atoms with van der Waals surface area (Å²) in [6, 6.07) is 0. The largest absolute Gasteiger partial charge is 0.465 e. The average molecular weight is 302 g/mol. The van der Waals surface area contributed by atoms with Gasteiger partial charge in [0.2, 0.25) is 0 Å². The maximum Gasteiger partial charge on any atom is 0.342 e. The molecule has 0 aromatic carbocycles. The molecule has 1 N–H and O–H groups in total. The van der Waals surface area contributed by atoms with Gasteiger partial charge in [0, 0.05) is 11.6 Å². The Morgan fingerprint density at radius 3 is 2.68 bits per heavy atom. The Hall–Kier alpha value is -1.28. The second-order valence-electron chi connectivity index (χ2n) is 4.52. The van der Waals surface area contributed by atoms with E-state index in [9.17, 15) is 13.2 Å². The van der Waals surface area contributed by atoms with Crippen LogP contribution in [0.25, 0.3) is 0 Å². The van der Waals surface area contributed by atoms with Crippen LogP contribution in [-0.2, 0) is 14.6 Å². The first-order valence-corrected chi connectivity index (χ1v) is 7.96. The van der Waals surface area contributed by atoms with Gasteiger partial charge in [0.05, 0.1) is 18.6 Å². The first kappa shape index (κ1) is 14.1. The molecule has 1 aliphatic heterocycles. The SMILES string of the molecule is COC(=O)c1c(C)[nH]c(C2CCS(=O)(=O)C2)nc1=S. The number of esters is 1. The highest BCUT2D eigenvalue weighted by molar-refractivity contribution is 7.91. The average Bonchev–Trinajstić information content (AvgIpc) is 2.68. The number of aromatic nitrogens is 2. The van der Waals surface area contributed by atoms with Crippen LogP contribution in [-0.4, -0.2) is 43.0 Å². The molecule has 1 atom stereocenters. The van der Waals surface area contributed by atoms with Crippen molar-refractivity contribution < 1.29 is 17.9 Å². The Balaban J connectivity index is 2.41. The first-order chi connectivity index (χ1) is 8.84. The van der Waals surface area contributed by atoms with Gasteiger partial charge in [-0.05, 0) is 13.3 Å². The monoisotopic (exact) mass is 302 g/mol. The number of H-pyrrole nitrogens is 1. The third kappa shape index (κ3) is 2.84. The van der Waals surface area contributed by atoms with Crippen LogP contribution in [0.1, 0.15) is 34.2 Å². The van der Waals surface area contributed by atoms with Crippen molar-refractivity contribution in [3.8, 4) is 0 Å². The van der Waals surface area contributed by atoms with Crippen molar-refractivity contribution in [1.29, 1.82) is 0 Å². The third-order valence-corrected chi connectivity index (χ3v) is 5.20. The number of rotatable bonds is 2. The maximum atomic E-state index is 11.5. The molecule has 2 rings (SSSR count). The molecule has 1 aliphatic rings. The van der Waals surface area contributed by atoms with Gasteiger partial charge in [-0.1, -0.05) is 12.2 Å². The number of methoxy groups -OCH3 is 1. The summed E-state index contributed by atoms with van der Waals surface area (Å²) in [6.45, 7) is 1.69. The number of sulfone groups is 1. The molecule has 0 spiro atoms. The van der Waals surface area contributed by atoms with Crippen molar-refractivity contribution in [3.05, 3.63) is 21.7 Å². The van der Waals surface area contributed by atoms with Crippen LogP contribution in [0, 0.1) is 11.6 Å². The van der Waals surface area contributed by atoms with Crippen molar-refractivity contribution in [2.24, 2.45) is 0 Å². The molecule has 1 fully saturated rings. The van der Waals surface area contributed by atoms with Crippen molar-refractivity contribution in [2.45, 2.75) is 19.3 Å². The van der Waals surface area contributed by atoms with E-state index >= 15 is 0 Å². The Morgan fingerprint density at radius 1 is 1.53 bits per heavy atom. The molecule has 0 saturated carbocycles. The summed E-state index contributed by atoms with van der Waals surface area (Å²) in [5.41, 5.74) is 0.772. The lowest BCUT2D eigenvalue weighted by Crippen LogP contribution is -2.13. The van der Waals surface area contributed by atoms with Crippen molar-refractivity contribution in [3.63, 3.8) is 0 Å². The Kier molecular flexibility index (Phi) is 3.73. The second kappa shape index (κ2) is 5.01. The topological polar surface area (TPSA) is 89.1 Å². The molecule has 0 aliphatic carbocycles. The van der Waals surface area contributed by atoms with E-state index < -0.39 is 15.8 Å². The molecule has 104 valence electrons. The highest BCUT2D eigenvalue weighted by atomic mass is 32.2. The third-order valence-electron chi connectivity index (χ3n) is 3.14. The summed E-state index contributed by atoms with van der Waals surface area (Å²) in [5.74, 6) is 0.0326. The highest BCUT2D eigenvalue weighted by Gasteiger charge is 2.31. The van der Waals surface area contributed by atoms with Crippen LogP contribution < -0.4 is 0 Å². The standard InChI is InChI=1S/C11H14N2O4S2/c1-6-8(11(14)17-2)10(18)13-9(12-6)7-3-4-19(15,16)5-7/h7H,3-5H2,1-2H3,(H,12,13,18). The highest BCUT2D eigenvalue weighted by Crippen LogP contribution is 2.27. The van der Waals surface area contributed by atoms with Crippen LogP contribution in [0.4, 0.5) is 0 Å². The number of hydrogen-bond donors (Lipinski definition) is 1. The lowest BCUT2D eigenvalue weighted by atomic mass is 10.1. The normalized spacial score (nSPS) is 21.3. The number of aromatic amines is 1. The van der Waals surface area contributed by atoms with Gasteiger partial charge in [-0.2, -0.15) is 0 Å². The van der Waals surface area contributed by atoms with Crippen LogP contribution in [0.5, 0.6) is 0 Å². The minimum atomic E-state index is -2.99. The molecule has 1 aromatic rings. The fourth-order valence-electron chi connectivity index (χ4n) is 2.15. The number of nitrogens with one attached hydrogen (secondary N) is 1. The fraction of sp³-hybridized carbons (Fsp3) is 0.545. The maximum absolute atomic E-state index is 11.5. The van der Waals surface area contributed by atoms with Crippen LogP contribution in [0.3, 0.4) is 0 Å². The Bertz CT molecular complexity index is 678. The van der Waals surface area contributed by atoms with E-state index in [2.05, 4.69) is 14.7 Å². The quantitative estimate of drug-likeness (QED) is 0.651. The number of carbonyl (C=O) groups excluding carboxylic acids is 1. The molecule has 8 heteroatoms. The number of carbonyl (C=O) groups is 1. The number of nitrogens with zero attached hydrogens (tertiary/aromatic N) is 1. The van der Waals surface area contributed by atoms with Gasteiger partial charge in [0.1, 0.15) is 16.0 Å². The molecule has 19 heavy (non-hydrogen) atoms. The van der Waals surface area contributed by atoms with E-state index in [0.29, 0.717) is 17.9 Å². The first-order valence-electron chi connectivity index (χ1n) is 5.73. The molecular weight excluding hydrogens is 288 g/mol. The van der Waals surface area contributed by atoms with E-state index in [1.807, 2.05) is 0 Å². The molecule has 0 radical (unpaired) electrons. The van der Waals surface area contributed by atoms with Gasteiger partial charge in [-0.25, -0.2) is 18.2 Å². The number of hydrogen-bond acceptors (Lipinski definition) is 6. The minimum Gasteiger partial charge on any atom is -0.465 e. The van der Waals surface area contributed by atoms with Crippen LogP contribution in [0.15, 0.2) is 0 Å². The van der Waals surface area contributed by atoms with Gasteiger partial charge < -0.3 is 9.72 Å². The van der Waals surface area contributed by atoms with Crippen LogP contribution >= 0.6 is 12.2 Å². The lowest BCUT2D eigenvalue weighted by Gasteiger charge is -2.11. The molecule has 0 bridgehead atoms. The summed E-state index contributed by atoms with van der Waals surface area (Å²) in [5, 5.41) is 0. The summed E-state index contributed by atoms with van der Waals surface area (Å²) in [6.07, 6.45) is 0.525. The molecule has 1 saturated heterocycles. The van der Waals surface area contributed by atoms with E-state index in [1.165, 1.54) is 7.11 Å². The number of aryl methyl sites for hydroxylation is 1. The zero-order valence-electron chi connectivity index (χ0n) is 10.6. The smallest absolute Gasteiger partial charge is 0.342 e. The summed E-state index contributed by atoms with van der Waals surface area (Å²) in [4.78, 5) is 18.7. The van der Waals surface area contributed by atoms with Gasteiger partial charge in [-0.15, -0.1) is 0 Å². The molecule has 2 heterocycles. The second-order valence-corrected chi connectivity index (χ2v) is 7.13. The van der Waals surface area contributed by atoms with Gasteiger partial charge in [0.15, 0.2) is 9.84 Å². The number of ether oxygens (including phenoxy) is 1. The lowest BCUT2D eigenvalue weighted by molar-refractivity contribution is 0.0598. The van der Waals surface area contributed by atoms with E-state index in [-0.39, 0.29) is 27.6 Å². The molecule has 1 unspecified atom stereocenters. The van der Waals surface area contributed by atoms with E-state index in [1.54, 1.807) is 6.92 Å². The van der Waals surface area contributed by atoms with E-state index in [0.717, 1.165) is 0 Å². The summed E-state index contributed by atoms with van der Waals surface area (Å²) >= 11 is 5.08. The molecule has 6 nitrogen and oxygen atoms in total. The Morgan fingerprint density at radius 2 is 2.21 bits per heavy atom. The molecule has 0 amide bonds. The summed E-state index contributed by atoms with van der Waals surface area (Å²) in [7, 11) is -1.71. The zero-order chi connectivity index (χ0) is 14.2. The van der Waals surface area contributed by atoms with Gasteiger partial charge in [-0.3, -0.25) is 0 Å². The Labute approximate surface area is 116 Å². The van der Waals surface area contributed by atoms with E-state index in [4.69, 9.17) is 12.2 Å². The molecular formula is C11H14N2O4S2. The van der Waals surface area contributed by atoms with Crippen LogP contribution in [0.2, 0.25) is 0 Å². The predicted molar refractivity (Wildman–Crippen MR) is 71.5 cm³/mol. The fourth-order valence-corrected chi connectivity index (χ4v) is 4.24. The van der Waals surface area contributed by atoms with Gasteiger partial charge in [0.25, 0.3) is 0 Å². The van der Waals surface area contributed by atoms with Gasteiger partial charge >= 0.3 is 5.97 Å². The van der Waals surface area contributed by atoms with Crippen molar-refractivity contribution in [2.75, 3.05) is 18.6 Å². The minimum absolute atomic E-state index is 0.0717. The zero-order valence-corrected chi connectivity index (χ0v) is 12.2. The predicted octanol–water partition coefficient (Wildman–Crippen LogP) is 1.14. The van der Waals surface area contributed by atoms with Crippen molar-refractivity contribution >= 4 is 28.0 Å².